The SMILES string of the molecule is CC1(N)CCCCC1C(=O)N1CCCN(C(=O)c2ccc(F)cc2)CC1.Cl. The lowest BCUT2D eigenvalue weighted by atomic mass is 9.74. The minimum Gasteiger partial charge on any atom is -0.341 e. The molecule has 2 fully saturated rings. The summed E-state index contributed by atoms with van der Waals surface area (Å²) < 4.78 is 13.1. The minimum atomic E-state index is -0.439. The fourth-order valence-electron chi connectivity index (χ4n) is 4.10. The van der Waals surface area contributed by atoms with Crippen LogP contribution in [0.4, 0.5) is 4.39 Å². The molecule has 7 heteroatoms. The molecule has 0 bridgehead atoms. The van der Waals surface area contributed by atoms with Gasteiger partial charge in [-0.25, -0.2) is 4.39 Å². The molecule has 2 unspecified atom stereocenters. The summed E-state index contributed by atoms with van der Waals surface area (Å²) in [6, 6.07) is 5.61. The fourth-order valence-corrected chi connectivity index (χ4v) is 4.10. The van der Waals surface area contributed by atoms with Crippen LogP contribution >= 0.6 is 12.4 Å². The Morgan fingerprint density at radius 2 is 1.67 bits per heavy atom. The monoisotopic (exact) mass is 397 g/mol. The summed E-state index contributed by atoms with van der Waals surface area (Å²) in [4.78, 5) is 29.3. The van der Waals surface area contributed by atoms with Gasteiger partial charge in [-0.1, -0.05) is 12.8 Å². The number of hydrogen-bond donors (Lipinski definition) is 1. The molecule has 5 nitrogen and oxygen atoms in total. The standard InChI is InChI=1S/C20H28FN3O2.ClH/c1-20(22)10-3-2-5-17(20)19(26)24-12-4-11-23(13-14-24)18(25)15-6-8-16(21)9-7-15;/h6-9,17H,2-5,10-14,22H2,1H3;1H. The van der Waals surface area contributed by atoms with E-state index in [1.54, 1.807) is 4.90 Å². The predicted octanol–water partition coefficient (Wildman–Crippen LogP) is 2.83. The van der Waals surface area contributed by atoms with Crippen LogP contribution in [0.1, 0.15) is 49.4 Å². The maximum atomic E-state index is 13.1. The molecule has 1 heterocycles. The molecule has 0 radical (unpaired) electrons. The Morgan fingerprint density at radius 1 is 1.04 bits per heavy atom. The molecule has 2 atom stereocenters. The van der Waals surface area contributed by atoms with E-state index >= 15 is 0 Å². The highest BCUT2D eigenvalue weighted by atomic mass is 35.5. The van der Waals surface area contributed by atoms with Gasteiger partial charge < -0.3 is 15.5 Å². The molecular weight excluding hydrogens is 369 g/mol. The van der Waals surface area contributed by atoms with Gasteiger partial charge in [0.2, 0.25) is 5.91 Å². The van der Waals surface area contributed by atoms with Crippen molar-refractivity contribution in [2.45, 2.75) is 44.6 Å². The van der Waals surface area contributed by atoms with E-state index in [0.717, 1.165) is 32.1 Å². The van der Waals surface area contributed by atoms with E-state index in [-0.39, 0.29) is 36.0 Å². The summed E-state index contributed by atoms with van der Waals surface area (Å²) in [6.45, 7) is 4.26. The van der Waals surface area contributed by atoms with Gasteiger partial charge in [0.1, 0.15) is 5.82 Å². The van der Waals surface area contributed by atoms with Crippen molar-refractivity contribution in [3.63, 3.8) is 0 Å². The molecule has 3 rings (SSSR count). The first kappa shape index (κ1) is 21.6. The highest BCUT2D eigenvalue weighted by molar-refractivity contribution is 5.94. The number of carbonyl (C=O) groups excluding carboxylic acids is 2. The van der Waals surface area contributed by atoms with Gasteiger partial charge >= 0.3 is 0 Å². The number of hydrogen-bond acceptors (Lipinski definition) is 3. The third-order valence-corrected chi connectivity index (χ3v) is 5.74. The van der Waals surface area contributed by atoms with Gasteiger partial charge in [-0.15, -0.1) is 12.4 Å². The molecule has 27 heavy (non-hydrogen) atoms. The van der Waals surface area contributed by atoms with Crippen molar-refractivity contribution in [2.75, 3.05) is 26.2 Å². The normalized spacial score (nSPS) is 26.1. The van der Waals surface area contributed by atoms with E-state index in [1.165, 1.54) is 24.3 Å². The number of amides is 2. The molecule has 2 aliphatic rings. The predicted molar refractivity (Wildman–Crippen MR) is 105 cm³/mol. The zero-order valence-electron chi connectivity index (χ0n) is 15.8. The second-order valence-corrected chi connectivity index (χ2v) is 7.78. The van der Waals surface area contributed by atoms with Crippen LogP contribution in [0.15, 0.2) is 24.3 Å². The first-order chi connectivity index (χ1) is 12.4. The van der Waals surface area contributed by atoms with Crippen molar-refractivity contribution in [1.82, 2.24) is 9.80 Å². The number of benzene rings is 1. The molecule has 150 valence electrons. The average Bonchev–Trinajstić information content (AvgIpc) is 2.87. The summed E-state index contributed by atoms with van der Waals surface area (Å²) in [7, 11) is 0. The molecule has 0 spiro atoms. The van der Waals surface area contributed by atoms with Gasteiger partial charge in [0.05, 0.1) is 5.92 Å². The summed E-state index contributed by atoms with van der Waals surface area (Å²) in [5.41, 5.74) is 6.43. The molecule has 2 amide bonds. The van der Waals surface area contributed by atoms with Crippen LogP contribution in [0.3, 0.4) is 0 Å². The van der Waals surface area contributed by atoms with Crippen LogP contribution in [0, 0.1) is 11.7 Å². The van der Waals surface area contributed by atoms with Crippen LogP contribution in [-0.2, 0) is 4.79 Å². The Morgan fingerprint density at radius 3 is 2.33 bits per heavy atom. The minimum absolute atomic E-state index is 0. The van der Waals surface area contributed by atoms with E-state index < -0.39 is 5.54 Å². The lowest BCUT2D eigenvalue weighted by Crippen LogP contribution is -2.54. The molecule has 1 aliphatic heterocycles. The topological polar surface area (TPSA) is 66.6 Å². The van der Waals surface area contributed by atoms with E-state index in [1.807, 2.05) is 11.8 Å². The van der Waals surface area contributed by atoms with Crippen LogP contribution in [-0.4, -0.2) is 53.3 Å². The summed E-state index contributed by atoms with van der Waals surface area (Å²) in [5.74, 6) is -0.464. The van der Waals surface area contributed by atoms with E-state index in [2.05, 4.69) is 0 Å². The van der Waals surface area contributed by atoms with Crippen molar-refractivity contribution < 1.29 is 14.0 Å². The van der Waals surface area contributed by atoms with Crippen molar-refractivity contribution in [2.24, 2.45) is 11.7 Å². The summed E-state index contributed by atoms with van der Waals surface area (Å²) in [5, 5.41) is 0. The lowest BCUT2D eigenvalue weighted by molar-refractivity contribution is -0.138. The number of halogens is 2. The first-order valence-electron chi connectivity index (χ1n) is 9.51. The second kappa shape index (κ2) is 9.02. The molecule has 1 aliphatic carbocycles. The molecule has 1 saturated carbocycles. The number of nitrogens with two attached hydrogens (primary N) is 1. The van der Waals surface area contributed by atoms with Crippen molar-refractivity contribution in [3.8, 4) is 0 Å². The third kappa shape index (κ3) is 4.99. The molecule has 1 aromatic carbocycles. The Kier molecular flexibility index (Phi) is 7.23. The molecular formula is C20H29ClFN3O2. The van der Waals surface area contributed by atoms with E-state index in [0.29, 0.717) is 31.7 Å². The Balaban J connectivity index is 0.00000261. The third-order valence-electron chi connectivity index (χ3n) is 5.74. The molecule has 1 aromatic rings. The number of nitrogens with zero attached hydrogens (tertiary/aromatic N) is 2. The van der Waals surface area contributed by atoms with Gasteiger partial charge in [0.15, 0.2) is 0 Å². The van der Waals surface area contributed by atoms with Gasteiger partial charge in [0.25, 0.3) is 5.91 Å². The van der Waals surface area contributed by atoms with Crippen LogP contribution < -0.4 is 5.73 Å². The van der Waals surface area contributed by atoms with Gasteiger partial charge in [-0.2, -0.15) is 0 Å². The van der Waals surface area contributed by atoms with Crippen LogP contribution in [0.25, 0.3) is 0 Å². The number of rotatable bonds is 2. The highest BCUT2D eigenvalue weighted by Crippen LogP contribution is 2.33. The first-order valence-corrected chi connectivity index (χ1v) is 9.51. The van der Waals surface area contributed by atoms with Crippen molar-refractivity contribution in [1.29, 1.82) is 0 Å². The van der Waals surface area contributed by atoms with Crippen molar-refractivity contribution >= 4 is 24.2 Å². The van der Waals surface area contributed by atoms with Crippen LogP contribution in [0.2, 0.25) is 0 Å². The van der Waals surface area contributed by atoms with E-state index in [4.69, 9.17) is 5.73 Å². The fraction of sp³-hybridized carbons (Fsp3) is 0.600. The smallest absolute Gasteiger partial charge is 0.253 e. The van der Waals surface area contributed by atoms with Gasteiger partial charge in [-0.05, 0) is 50.5 Å². The average molecular weight is 398 g/mol. The van der Waals surface area contributed by atoms with Gasteiger partial charge in [-0.3, -0.25) is 9.59 Å². The molecule has 0 aromatic heterocycles. The van der Waals surface area contributed by atoms with Gasteiger partial charge in [0, 0.05) is 37.3 Å². The lowest BCUT2D eigenvalue weighted by Gasteiger charge is -2.39. The van der Waals surface area contributed by atoms with Crippen molar-refractivity contribution in [3.05, 3.63) is 35.6 Å². The maximum absolute atomic E-state index is 13.1. The molecule has 2 N–H and O–H groups in total. The second-order valence-electron chi connectivity index (χ2n) is 7.78. The maximum Gasteiger partial charge on any atom is 0.253 e. The Bertz CT molecular complexity index is 666. The Hall–Kier alpha value is -1.66. The zero-order chi connectivity index (χ0) is 18.7. The highest BCUT2D eigenvalue weighted by Gasteiger charge is 2.40. The summed E-state index contributed by atoms with van der Waals surface area (Å²) >= 11 is 0. The summed E-state index contributed by atoms with van der Waals surface area (Å²) in [6.07, 6.45) is 4.60. The largest absolute Gasteiger partial charge is 0.341 e. The van der Waals surface area contributed by atoms with Crippen LogP contribution in [0.5, 0.6) is 0 Å². The quantitative estimate of drug-likeness (QED) is 0.834. The number of carbonyl (C=O) groups is 2. The van der Waals surface area contributed by atoms with E-state index in [9.17, 15) is 14.0 Å². The molecule has 1 saturated heterocycles. The zero-order valence-corrected chi connectivity index (χ0v) is 16.6. The Labute approximate surface area is 166 Å².